The van der Waals surface area contributed by atoms with Crippen LogP contribution in [0.4, 0.5) is 0 Å². The van der Waals surface area contributed by atoms with Crippen LogP contribution in [0, 0.1) is 0 Å². The van der Waals surface area contributed by atoms with Crippen molar-refractivity contribution in [3.8, 4) is 5.75 Å². The van der Waals surface area contributed by atoms with E-state index in [4.69, 9.17) is 14.3 Å². The molecule has 8 nitrogen and oxygen atoms in total. The second kappa shape index (κ2) is 10.0. The average Bonchev–Trinajstić information content (AvgIpc) is 3.17. The van der Waals surface area contributed by atoms with Gasteiger partial charge in [-0.15, -0.1) is 0 Å². The van der Waals surface area contributed by atoms with Crippen molar-refractivity contribution in [1.29, 1.82) is 0 Å². The van der Waals surface area contributed by atoms with E-state index in [1.54, 1.807) is 41.3 Å². The number of hydrogen-bond donors (Lipinski definition) is 1. The Balaban J connectivity index is 1.19. The number of Topliss-reactive ketones (excluding diaryl/α,β-unsaturated/α-hetero) is 1. The summed E-state index contributed by atoms with van der Waals surface area (Å²) in [7, 11) is 0. The molecule has 1 atom stereocenters. The van der Waals surface area contributed by atoms with Crippen molar-refractivity contribution in [2.75, 3.05) is 19.7 Å². The van der Waals surface area contributed by atoms with Gasteiger partial charge in [0, 0.05) is 50.6 Å². The minimum absolute atomic E-state index is 0.0341. The molecule has 8 heteroatoms. The zero-order valence-corrected chi connectivity index (χ0v) is 19.4. The maximum absolute atomic E-state index is 13.3. The maximum Gasteiger partial charge on any atom is 0.267 e. The molecule has 2 saturated heterocycles. The Morgan fingerprint density at radius 3 is 2.63 bits per heavy atom. The van der Waals surface area contributed by atoms with Crippen molar-refractivity contribution in [3.63, 3.8) is 0 Å². The van der Waals surface area contributed by atoms with Crippen LogP contribution >= 0.6 is 0 Å². The van der Waals surface area contributed by atoms with Crippen molar-refractivity contribution in [1.82, 2.24) is 10.4 Å². The lowest BCUT2D eigenvalue weighted by Crippen LogP contribution is -2.51. The number of carbonyl (C=O) groups is 3. The molecule has 0 aromatic heterocycles. The molecule has 35 heavy (non-hydrogen) atoms. The summed E-state index contributed by atoms with van der Waals surface area (Å²) in [5, 5.41) is 0. The summed E-state index contributed by atoms with van der Waals surface area (Å²) in [6.45, 7) is 1.53. The Kier molecular flexibility index (Phi) is 6.66. The van der Waals surface area contributed by atoms with Crippen LogP contribution in [-0.2, 0) is 14.4 Å². The first kappa shape index (κ1) is 23.3. The minimum atomic E-state index is -0.941. The van der Waals surface area contributed by atoms with Gasteiger partial charge in [0.05, 0.1) is 5.56 Å². The number of likely N-dealkylation sites (tertiary alicyclic amines) is 1. The zero-order valence-electron chi connectivity index (χ0n) is 19.4. The van der Waals surface area contributed by atoms with Crippen molar-refractivity contribution < 1.29 is 28.7 Å². The summed E-state index contributed by atoms with van der Waals surface area (Å²) in [6.07, 6.45) is 6.19. The van der Waals surface area contributed by atoms with Gasteiger partial charge in [-0.3, -0.25) is 14.4 Å². The number of benzene rings is 2. The molecule has 3 aliphatic heterocycles. The molecule has 0 bridgehead atoms. The molecule has 182 valence electrons. The fourth-order valence-corrected chi connectivity index (χ4v) is 4.72. The highest BCUT2D eigenvalue weighted by molar-refractivity contribution is 6.08. The van der Waals surface area contributed by atoms with Gasteiger partial charge in [0.1, 0.15) is 5.75 Å². The molecular formula is C27H28N2O6. The van der Waals surface area contributed by atoms with E-state index in [1.165, 1.54) is 6.08 Å². The monoisotopic (exact) mass is 476 g/mol. The van der Waals surface area contributed by atoms with Crippen LogP contribution in [0.2, 0.25) is 0 Å². The number of hydroxylamine groups is 1. The normalized spacial score (nSPS) is 21.1. The van der Waals surface area contributed by atoms with Crippen LogP contribution in [0.25, 0.3) is 6.08 Å². The number of amides is 2. The molecule has 2 aromatic carbocycles. The topological polar surface area (TPSA) is 94.2 Å². The van der Waals surface area contributed by atoms with Crippen molar-refractivity contribution >= 4 is 23.7 Å². The summed E-state index contributed by atoms with van der Waals surface area (Å²) in [6, 6.07) is 14.4. The van der Waals surface area contributed by atoms with Crippen LogP contribution in [0.15, 0.2) is 54.6 Å². The van der Waals surface area contributed by atoms with Crippen LogP contribution in [0.1, 0.15) is 58.4 Å². The number of ether oxygens (including phenoxy) is 2. The highest BCUT2D eigenvalue weighted by Gasteiger charge is 2.50. The van der Waals surface area contributed by atoms with E-state index >= 15 is 0 Å². The van der Waals surface area contributed by atoms with Crippen LogP contribution in [0.3, 0.4) is 0 Å². The van der Waals surface area contributed by atoms with Crippen LogP contribution in [0.5, 0.6) is 5.75 Å². The lowest BCUT2D eigenvalue weighted by Gasteiger charge is -2.37. The molecule has 0 saturated carbocycles. The first-order valence-electron chi connectivity index (χ1n) is 12.0. The summed E-state index contributed by atoms with van der Waals surface area (Å²) < 4.78 is 11.6. The molecule has 3 aliphatic rings. The molecule has 1 N–H and O–H groups in total. The smallest absolute Gasteiger partial charge is 0.267 e. The van der Waals surface area contributed by atoms with E-state index in [9.17, 15) is 14.4 Å². The molecule has 2 fully saturated rings. The molecule has 2 amide bonds. The predicted molar refractivity (Wildman–Crippen MR) is 128 cm³/mol. The number of nitrogens with zero attached hydrogens (tertiary/aromatic N) is 1. The highest BCUT2D eigenvalue weighted by Crippen LogP contribution is 2.41. The molecule has 5 rings (SSSR count). The first-order valence-corrected chi connectivity index (χ1v) is 12.0. The van der Waals surface area contributed by atoms with Gasteiger partial charge in [0.2, 0.25) is 5.78 Å². The third kappa shape index (κ3) is 4.99. The van der Waals surface area contributed by atoms with E-state index in [0.717, 1.165) is 19.3 Å². The maximum atomic E-state index is 13.3. The van der Waals surface area contributed by atoms with Crippen LogP contribution < -0.4 is 10.2 Å². The SMILES string of the molecule is O=C(/C=C/c1ccc2c(c1)C(=O)C1(CCN(C(=O)c3ccccc3)CC1)O2)NOC1CCCCO1. The van der Waals surface area contributed by atoms with Gasteiger partial charge >= 0.3 is 0 Å². The Morgan fingerprint density at radius 2 is 1.89 bits per heavy atom. The summed E-state index contributed by atoms with van der Waals surface area (Å²) in [4.78, 5) is 45.2. The van der Waals surface area contributed by atoms with Gasteiger partial charge in [-0.25, -0.2) is 10.3 Å². The summed E-state index contributed by atoms with van der Waals surface area (Å²) in [5.41, 5.74) is 3.29. The number of hydrogen-bond acceptors (Lipinski definition) is 6. The molecule has 3 heterocycles. The standard InChI is InChI=1S/C27H28N2O6/c30-23(28-35-24-8-4-5-17-33-24)12-10-19-9-11-22-21(18-19)25(31)27(34-22)13-15-29(16-14-27)26(32)20-6-2-1-3-7-20/h1-3,6-7,9-12,18,24H,4-5,8,13-17H2,(H,28,30)/b12-10+. The predicted octanol–water partition coefficient (Wildman–Crippen LogP) is 3.52. The van der Waals surface area contributed by atoms with Crippen molar-refractivity contribution in [2.24, 2.45) is 0 Å². The van der Waals surface area contributed by atoms with E-state index in [1.807, 2.05) is 18.2 Å². The number of ketones is 1. The van der Waals surface area contributed by atoms with Crippen molar-refractivity contribution in [3.05, 3.63) is 71.3 Å². The Bertz CT molecular complexity index is 1130. The molecule has 0 radical (unpaired) electrons. The third-order valence-corrected chi connectivity index (χ3v) is 6.70. The average molecular weight is 477 g/mol. The minimum Gasteiger partial charge on any atom is -0.478 e. The Morgan fingerprint density at radius 1 is 1.09 bits per heavy atom. The fourth-order valence-electron chi connectivity index (χ4n) is 4.72. The van der Waals surface area contributed by atoms with Gasteiger partial charge in [0.15, 0.2) is 11.9 Å². The molecule has 2 aromatic rings. The zero-order chi connectivity index (χ0) is 24.3. The van der Waals surface area contributed by atoms with Gasteiger partial charge in [0.25, 0.3) is 11.8 Å². The Hall–Kier alpha value is -3.49. The number of carbonyl (C=O) groups excluding carboxylic acids is 3. The summed E-state index contributed by atoms with van der Waals surface area (Å²) in [5.74, 6) is 0.0244. The number of rotatable bonds is 5. The number of piperidine rings is 1. The quantitative estimate of drug-likeness (QED) is 0.524. The molecular weight excluding hydrogens is 448 g/mol. The summed E-state index contributed by atoms with van der Waals surface area (Å²) >= 11 is 0. The lowest BCUT2D eigenvalue weighted by atomic mass is 9.85. The molecule has 0 aliphatic carbocycles. The van der Waals surface area contributed by atoms with E-state index in [2.05, 4.69) is 5.48 Å². The number of nitrogens with one attached hydrogen (secondary N) is 1. The van der Waals surface area contributed by atoms with Gasteiger partial charge in [-0.05, 0) is 48.7 Å². The Labute approximate surface area is 203 Å². The first-order chi connectivity index (χ1) is 17.0. The second-order valence-corrected chi connectivity index (χ2v) is 9.05. The second-order valence-electron chi connectivity index (χ2n) is 9.05. The van der Waals surface area contributed by atoms with Gasteiger partial charge in [-0.1, -0.05) is 24.3 Å². The fraction of sp³-hybridized carbons (Fsp3) is 0.370. The van der Waals surface area contributed by atoms with Gasteiger partial charge < -0.3 is 14.4 Å². The highest BCUT2D eigenvalue weighted by atomic mass is 16.8. The van der Waals surface area contributed by atoms with E-state index in [0.29, 0.717) is 55.0 Å². The van der Waals surface area contributed by atoms with E-state index in [-0.39, 0.29) is 11.7 Å². The third-order valence-electron chi connectivity index (χ3n) is 6.70. The lowest BCUT2D eigenvalue weighted by molar-refractivity contribution is -0.198. The van der Waals surface area contributed by atoms with Crippen LogP contribution in [-0.4, -0.2) is 54.1 Å². The van der Waals surface area contributed by atoms with Crippen molar-refractivity contribution in [2.45, 2.75) is 44.0 Å². The largest absolute Gasteiger partial charge is 0.478 e. The number of fused-ring (bicyclic) bond motifs is 1. The molecule has 1 unspecified atom stereocenters. The van der Waals surface area contributed by atoms with E-state index < -0.39 is 17.8 Å². The molecule has 1 spiro atoms. The van der Waals surface area contributed by atoms with Gasteiger partial charge in [-0.2, -0.15) is 0 Å².